The summed E-state index contributed by atoms with van der Waals surface area (Å²) in [4.78, 5) is 44.2. The molecule has 6 N–H and O–H groups in total. The number of benzene rings is 1. The Bertz CT molecular complexity index is 952. The normalized spacial score (nSPS) is 12.7. The molecule has 0 fully saturated rings. The SMILES string of the molecule is CC(C)(C)N=C(N)Nc1scnc1C(=O)NCC(=O)NC(CC(=O)O)c1ccccc1. The second kappa shape index (κ2) is 10.5. The van der Waals surface area contributed by atoms with Gasteiger partial charge in [0.05, 0.1) is 30.1 Å². The average molecular weight is 447 g/mol. The van der Waals surface area contributed by atoms with E-state index in [2.05, 4.69) is 25.9 Å². The van der Waals surface area contributed by atoms with E-state index in [-0.39, 0.29) is 24.6 Å². The molecule has 0 aliphatic rings. The van der Waals surface area contributed by atoms with Gasteiger partial charge in [-0.1, -0.05) is 30.3 Å². The first-order chi connectivity index (χ1) is 14.5. The molecule has 1 aromatic heterocycles. The van der Waals surface area contributed by atoms with E-state index in [1.54, 1.807) is 30.3 Å². The molecule has 0 radical (unpaired) electrons. The van der Waals surface area contributed by atoms with Crippen LogP contribution >= 0.6 is 11.3 Å². The fourth-order valence-corrected chi connectivity index (χ4v) is 3.29. The number of nitrogens with one attached hydrogen (secondary N) is 3. The topological polar surface area (TPSA) is 159 Å². The fourth-order valence-electron chi connectivity index (χ4n) is 2.60. The molecule has 0 saturated carbocycles. The van der Waals surface area contributed by atoms with Crippen LogP contribution in [0.2, 0.25) is 0 Å². The highest BCUT2D eigenvalue weighted by Crippen LogP contribution is 2.20. The average Bonchev–Trinajstić information content (AvgIpc) is 3.12. The molecule has 2 amide bonds. The van der Waals surface area contributed by atoms with Gasteiger partial charge in [-0.2, -0.15) is 0 Å². The summed E-state index contributed by atoms with van der Waals surface area (Å²) >= 11 is 1.17. The van der Waals surface area contributed by atoms with Crippen LogP contribution in [0.25, 0.3) is 0 Å². The van der Waals surface area contributed by atoms with E-state index < -0.39 is 29.4 Å². The molecule has 0 saturated heterocycles. The summed E-state index contributed by atoms with van der Waals surface area (Å²) in [6.07, 6.45) is -0.282. The number of aliphatic carboxylic acids is 1. The number of amides is 2. The third-order valence-corrected chi connectivity index (χ3v) is 4.55. The zero-order valence-corrected chi connectivity index (χ0v) is 18.3. The molecule has 10 nitrogen and oxygen atoms in total. The number of carbonyl (C=O) groups is 3. The summed E-state index contributed by atoms with van der Waals surface area (Å²) in [6.45, 7) is 5.30. The lowest BCUT2D eigenvalue weighted by atomic mass is 10.0. The van der Waals surface area contributed by atoms with E-state index in [4.69, 9.17) is 10.8 Å². The van der Waals surface area contributed by atoms with Crippen LogP contribution in [0.4, 0.5) is 5.00 Å². The third kappa shape index (κ3) is 8.05. The number of aliphatic imine (C=N–C) groups is 1. The Morgan fingerprint density at radius 1 is 1.23 bits per heavy atom. The van der Waals surface area contributed by atoms with Crippen LogP contribution < -0.4 is 21.7 Å². The Morgan fingerprint density at radius 3 is 2.52 bits per heavy atom. The van der Waals surface area contributed by atoms with Crippen LogP contribution in [-0.4, -0.2) is 45.9 Å². The van der Waals surface area contributed by atoms with E-state index in [1.807, 2.05) is 20.8 Å². The third-order valence-electron chi connectivity index (χ3n) is 3.81. The van der Waals surface area contributed by atoms with Crippen molar-refractivity contribution in [3.05, 3.63) is 47.1 Å². The maximum Gasteiger partial charge on any atom is 0.305 e. The number of nitrogens with zero attached hydrogens (tertiary/aromatic N) is 2. The number of anilines is 1. The first kappa shape index (κ1) is 23.8. The van der Waals surface area contributed by atoms with Crippen molar-refractivity contribution in [3.63, 3.8) is 0 Å². The lowest BCUT2D eigenvalue weighted by Gasteiger charge is -2.17. The molecule has 0 spiro atoms. The second-order valence-corrected chi connectivity index (χ2v) is 8.49. The van der Waals surface area contributed by atoms with E-state index >= 15 is 0 Å². The van der Waals surface area contributed by atoms with Gasteiger partial charge in [0.15, 0.2) is 11.7 Å². The zero-order valence-electron chi connectivity index (χ0n) is 17.5. The van der Waals surface area contributed by atoms with Gasteiger partial charge in [0.25, 0.3) is 5.91 Å². The number of rotatable bonds is 8. The minimum Gasteiger partial charge on any atom is -0.481 e. The van der Waals surface area contributed by atoms with Gasteiger partial charge >= 0.3 is 5.97 Å². The standard InChI is InChI=1S/C20H26N6O4S/c1-20(2,3)26-19(21)25-18-16(23-11-31-18)17(30)22-10-14(27)24-13(9-15(28)29)12-7-5-4-6-8-12/h4-8,11,13H,9-10H2,1-3H3,(H,22,30)(H,24,27)(H,28,29)(H3,21,25,26). The predicted molar refractivity (Wildman–Crippen MR) is 119 cm³/mol. The van der Waals surface area contributed by atoms with Crippen LogP contribution in [0.3, 0.4) is 0 Å². The van der Waals surface area contributed by atoms with E-state index in [0.717, 1.165) is 0 Å². The number of carboxylic acid groups (broad SMARTS) is 1. The highest BCUT2D eigenvalue weighted by Gasteiger charge is 2.20. The highest BCUT2D eigenvalue weighted by molar-refractivity contribution is 7.14. The Hall–Kier alpha value is -3.47. The van der Waals surface area contributed by atoms with Crippen molar-refractivity contribution in [1.82, 2.24) is 15.6 Å². The maximum atomic E-state index is 12.5. The molecule has 0 aliphatic heterocycles. The number of nitrogens with two attached hydrogens (primary N) is 1. The van der Waals surface area contributed by atoms with Gasteiger partial charge in [-0.05, 0) is 26.3 Å². The van der Waals surface area contributed by atoms with Gasteiger partial charge in [0.2, 0.25) is 5.91 Å². The molecule has 1 atom stereocenters. The van der Waals surface area contributed by atoms with Crippen molar-refractivity contribution in [1.29, 1.82) is 0 Å². The van der Waals surface area contributed by atoms with Crippen LogP contribution in [0, 0.1) is 0 Å². The molecule has 1 heterocycles. The number of aromatic nitrogens is 1. The lowest BCUT2D eigenvalue weighted by molar-refractivity contribution is -0.137. The molecule has 2 rings (SSSR count). The zero-order chi connectivity index (χ0) is 23.0. The van der Waals surface area contributed by atoms with Crippen molar-refractivity contribution in [3.8, 4) is 0 Å². The summed E-state index contributed by atoms with van der Waals surface area (Å²) in [5, 5.41) is 17.5. The fraction of sp³-hybridized carbons (Fsp3) is 0.350. The van der Waals surface area contributed by atoms with Crippen molar-refractivity contribution in [2.75, 3.05) is 11.9 Å². The Balaban J connectivity index is 1.98. The molecular formula is C20H26N6O4S. The minimum absolute atomic E-state index is 0.0787. The van der Waals surface area contributed by atoms with Crippen molar-refractivity contribution in [2.45, 2.75) is 38.8 Å². The summed E-state index contributed by atoms with van der Waals surface area (Å²) in [6, 6.07) is 8.04. The molecular weight excluding hydrogens is 420 g/mol. The molecule has 0 bridgehead atoms. The summed E-state index contributed by atoms with van der Waals surface area (Å²) in [5.41, 5.74) is 7.68. The van der Waals surface area contributed by atoms with Gasteiger partial charge in [0.1, 0.15) is 5.00 Å². The predicted octanol–water partition coefficient (Wildman–Crippen LogP) is 1.73. The molecule has 1 unspecified atom stereocenters. The largest absolute Gasteiger partial charge is 0.481 e. The van der Waals surface area contributed by atoms with Crippen molar-refractivity contribution < 1.29 is 19.5 Å². The van der Waals surface area contributed by atoms with Gasteiger partial charge < -0.3 is 26.8 Å². The molecule has 11 heteroatoms. The van der Waals surface area contributed by atoms with E-state index in [1.165, 1.54) is 16.8 Å². The monoisotopic (exact) mass is 446 g/mol. The first-order valence-corrected chi connectivity index (χ1v) is 10.3. The van der Waals surface area contributed by atoms with Crippen LogP contribution in [0.1, 0.15) is 49.3 Å². The smallest absolute Gasteiger partial charge is 0.305 e. The Kier molecular flexibility index (Phi) is 8.08. The molecule has 2 aromatic rings. The van der Waals surface area contributed by atoms with Gasteiger partial charge in [-0.3, -0.25) is 14.4 Å². The van der Waals surface area contributed by atoms with Crippen LogP contribution in [0.15, 0.2) is 40.8 Å². The number of hydrogen-bond acceptors (Lipinski definition) is 6. The summed E-state index contributed by atoms with van der Waals surface area (Å²) in [5.74, 6) is -2.01. The molecule has 166 valence electrons. The summed E-state index contributed by atoms with van der Waals surface area (Å²) < 4.78 is 0. The van der Waals surface area contributed by atoms with E-state index in [9.17, 15) is 14.4 Å². The molecule has 1 aromatic carbocycles. The van der Waals surface area contributed by atoms with Crippen molar-refractivity contribution >= 4 is 40.1 Å². The van der Waals surface area contributed by atoms with Gasteiger partial charge in [-0.25, -0.2) is 9.98 Å². The maximum absolute atomic E-state index is 12.5. The van der Waals surface area contributed by atoms with Crippen LogP contribution in [-0.2, 0) is 9.59 Å². The van der Waals surface area contributed by atoms with Gasteiger partial charge in [0, 0.05) is 0 Å². The lowest BCUT2D eigenvalue weighted by Crippen LogP contribution is -2.39. The quantitative estimate of drug-likeness (QED) is 0.305. The van der Waals surface area contributed by atoms with Crippen LogP contribution in [0.5, 0.6) is 0 Å². The first-order valence-electron chi connectivity index (χ1n) is 9.45. The van der Waals surface area contributed by atoms with E-state index in [0.29, 0.717) is 10.6 Å². The highest BCUT2D eigenvalue weighted by atomic mass is 32.1. The Labute approximate surface area is 184 Å². The van der Waals surface area contributed by atoms with Crippen molar-refractivity contribution in [2.24, 2.45) is 10.7 Å². The minimum atomic E-state index is -1.05. The number of carbonyl (C=O) groups excluding carboxylic acids is 2. The number of hydrogen-bond donors (Lipinski definition) is 5. The second-order valence-electron chi connectivity index (χ2n) is 7.63. The molecule has 31 heavy (non-hydrogen) atoms. The number of thiazole rings is 1. The van der Waals surface area contributed by atoms with Gasteiger partial charge in [-0.15, -0.1) is 11.3 Å². The number of carboxylic acids is 1. The number of guanidine groups is 1. The molecule has 0 aliphatic carbocycles. The summed E-state index contributed by atoms with van der Waals surface area (Å²) in [7, 11) is 0. The Morgan fingerprint density at radius 2 is 1.90 bits per heavy atom.